The van der Waals surface area contributed by atoms with Gasteiger partial charge in [-0.15, -0.1) is 0 Å². The van der Waals surface area contributed by atoms with E-state index in [0.717, 1.165) is 43.4 Å². The summed E-state index contributed by atoms with van der Waals surface area (Å²) < 4.78 is 0. The van der Waals surface area contributed by atoms with Crippen LogP contribution in [-0.2, 0) is 4.79 Å². The van der Waals surface area contributed by atoms with Crippen LogP contribution in [0.3, 0.4) is 0 Å². The van der Waals surface area contributed by atoms with Crippen molar-refractivity contribution in [1.29, 1.82) is 0 Å². The van der Waals surface area contributed by atoms with Crippen molar-refractivity contribution in [3.8, 4) is 0 Å². The van der Waals surface area contributed by atoms with Gasteiger partial charge in [0.05, 0.1) is 0 Å². The Morgan fingerprint density at radius 3 is 2.74 bits per heavy atom. The number of carbonyl (C=O) groups excluding carboxylic acids is 1. The van der Waals surface area contributed by atoms with E-state index in [0.29, 0.717) is 19.5 Å². The van der Waals surface area contributed by atoms with Crippen molar-refractivity contribution in [1.82, 2.24) is 15.3 Å². The Bertz CT molecular complexity index is 500. The molecule has 0 unspecified atom stereocenters. The minimum atomic E-state index is 0.126. The predicted molar refractivity (Wildman–Crippen MR) is 93.9 cm³/mol. The summed E-state index contributed by atoms with van der Waals surface area (Å²) in [6.45, 7) is 7.45. The van der Waals surface area contributed by atoms with Crippen molar-refractivity contribution in [2.75, 3.05) is 36.4 Å². The molecule has 0 aromatic carbocycles. The van der Waals surface area contributed by atoms with Gasteiger partial charge in [-0.3, -0.25) is 4.79 Å². The third-order valence-corrected chi connectivity index (χ3v) is 4.02. The standard InChI is InChI=1S/C17H29N5O/c1-3-4-8-17(23)19-10-9-18-15-13-16(21-14(2)20-15)22-11-6-5-7-12-22/h13H,3-12H2,1-2H3,(H,19,23)(H,18,20,21). The van der Waals surface area contributed by atoms with Crippen LogP contribution in [0.4, 0.5) is 11.6 Å². The highest BCUT2D eigenvalue weighted by Crippen LogP contribution is 2.20. The molecule has 2 N–H and O–H groups in total. The highest BCUT2D eigenvalue weighted by molar-refractivity contribution is 5.75. The second kappa shape index (κ2) is 9.33. The molecule has 1 aliphatic heterocycles. The SMILES string of the molecule is CCCCC(=O)NCCNc1cc(N2CCCCC2)nc(C)n1. The number of carbonyl (C=O) groups is 1. The van der Waals surface area contributed by atoms with Gasteiger partial charge >= 0.3 is 0 Å². The van der Waals surface area contributed by atoms with Crippen LogP contribution in [0.15, 0.2) is 6.07 Å². The normalized spacial score (nSPS) is 14.6. The summed E-state index contributed by atoms with van der Waals surface area (Å²) in [5.74, 6) is 2.75. The molecule has 2 rings (SSSR count). The summed E-state index contributed by atoms with van der Waals surface area (Å²) in [5, 5.41) is 6.21. The Balaban J connectivity index is 1.80. The Kier molecular flexibility index (Phi) is 7.10. The number of piperidine rings is 1. The highest BCUT2D eigenvalue weighted by atomic mass is 16.1. The van der Waals surface area contributed by atoms with E-state index in [9.17, 15) is 4.79 Å². The summed E-state index contributed by atoms with van der Waals surface area (Å²) in [4.78, 5) is 22.9. The van der Waals surface area contributed by atoms with Gasteiger partial charge in [0.1, 0.15) is 17.5 Å². The van der Waals surface area contributed by atoms with Crippen molar-refractivity contribution in [3.05, 3.63) is 11.9 Å². The van der Waals surface area contributed by atoms with Crippen molar-refractivity contribution >= 4 is 17.5 Å². The van der Waals surface area contributed by atoms with E-state index < -0.39 is 0 Å². The molecule has 1 aromatic heterocycles. The van der Waals surface area contributed by atoms with Crippen LogP contribution in [0.2, 0.25) is 0 Å². The predicted octanol–water partition coefficient (Wildman–Crippen LogP) is 2.49. The van der Waals surface area contributed by atoms with Gasteiger partial charge in [-0.1, -0.05) is 13.3 Å². The van der Waals surface area contributed by atoms with Gasteiger partial charge in [0.2, 0.25) is 5.91 Å². The van der Waals surface area contributed by atoms with Gasteiger partial charge in [0.15, 0.2) is 0 Å². The summed E-state index contributed by atoms with van der Waals surface area (Å²) in [6.07, 6.45) is 6.38. The van der Waals surface area contributed by atoms with E-state index in [1.807, 2.05) is 13.0 Å². The minimum absolute atomic E-state index is 0.126. The number of aromatic nitrogens is 2. The molecule has 128 valence electrons. The van der Waals surface area contributed by atoms with E-state index in [1.54, 1.807) is 0 Å². The average Bonchev–Trinajstić information content (AvgIpc) is 2.57. The van der Waals surface area contributed by atoms with Crippen molar-refractivity contribution in [3.63, 3.8) is 0 Å². The Labute approximate surface area is 139 Å². The first-order chi connectivity index (χ1) is 11.2. The molecule has 0 bridgehead atoms. The number of hydrogen-bond acceptors (Lipinski definition) is 5. The first-order valence-electron chi connectivity index (χ1n) is 8.80. The fraction of sp³-hybridized carbons (Fsp3) is 0.706. The van der Waals surface area contributed by atoms with Gasteiger partial charge in [0, 0.05) is 38.7 Å². The maximum absolute atomic E-state index is 11.6. The molecule has 0 aliphatic carbocycles. The lowest BCUT2D eigenvalue weighted by molar-refractivity contribution is -0.121. The lowest BCUT2D eigenvalue weighted by Crippen LogP contribution is -2.31. The highest BCUT2D eigenvalue weighted by Gasteiger charge is 2.13. The molecular weight excluding hydrogens is 290 g/mol. The summed E-state index contributed by atoms with van der Waals surface area (Å²) >= 11 is 0. The zero-order chi connectivity index (χ0) is 16.5. The van der Waals surface area contributed by atoms with E-state index in [1.165, 1.54) is 19.3 Å². The molecule has 0 atom stereocenters. The van der Waals surface area contributed by atoms with E-state index in [-0.39, 0.29) is 5.91 Å². The third-order valence-electron chi connectivity index (χ3n) is 4.02. The molecule has 0 spiro atoms. The average molecular weight is 319 g/mol. The molecule has 6 nitrogen and oxygen atoms in total. The first-order valence-corrected chi connectivity index (χ1v) is 8.80. The second-order valence-electron chi connectivity index (χ2n) is 6.09. The second-order valence-corrected chi connectivity index (χ2v) is 6.09. The van der Waals surface area contributed by atoms with E-state index in [2.05, 4.69) is 32.4 Å². The van der Waals surface area contributed by atoms with Crippen LogP contribution in [0.1, 0.15) is 51.3 Å². The van der Waals surface area contributed by atoms with Crippen LogP contribution < -0.4 is 15.5 Å². The smallest absolute Gasteiger partial charge is 0.220 e. The van der Waals surface area contributed by atoms with Crippen molar-refractivity contribution in [2.45, 2.75) is 52.4 Å². The minimum Gasteiger partial charge on any atom is -0.368 e. The van der Waals surface area contributed by atoms with E-state index >= 15 is 0 Å². The van der Waals surface area contributed by atoms with E-state index in [4.69, 9.17) is 0 Å². The number of unbranched alkanes of at least 4 members (excludes halogenated alkanes) is 1. The molecule has 2 heterocycles. The largest absolute Gasteiger partial charge is 0.368 e. The number of hydrogen-bond donors (Lipinski definition) is 2. The monoisotopic (exact) mass is 319 g/mol. The van der Waals surface area contributed by atoms with Gasteiger partial charge < -0.3 is 15.5 Å². The molecule has 0 saturated carbocycles. The maximum Gasteiger partial charge on any atom is 0.220 e. The molecule has 1 aromatic rings. The molecule has 1 aliphatic rings. The van der Waals surface area contributed by atoms with Gasteiger partial charge in [-0.25, -0.2) is 9.97 Å². The lowest BCUT2D eigenvalue weighted by atomic mass is 10.1. The van der Waals surface area contributed by atoms with Crippen LogP contribution in [0, 0.1) is 6.92 Å². The molecule has 1 amide bonds. The first kappa shape index (κ1) is 17.5. The van der Waals surface area contributed by atoms with Crippen molar-refractivity contribution < 1.29 is 4.79 Å². The Morgan fingerprint density at radius 2 is 2.00 bits per heavy atom. The fourth-order valence-electron chi connectivity index (χ4n) is 2.75. The van der Waals surface area contributed by atoms with Crippen molar-refractivity contribution in [2.24, 2.45) is 0 Å². The number of rotatable bonds is 8. The lowest BCUT2D eigenvalue weighted by Gasteiger charge is -2.28. The summed E-state index contributed by atoms with van der Waals surface area (Å²) in [5.41, 5.74) is 0. The molecule has 1 fully saturated rings. The molecule has 23 heavy (non-hydrogen) atoms. The van der Waals surface area contributed by atoms with Gasteiger partial charge in [-0.05, 0) is 32.6 Å². The van der Waals surface area contributed by atoms with Crippen LogP contribution >= 0.6 is 0 Å². The summed E-state index contributed by atoms with van der Waals surface area (Å²) in [6, 6.07) is 2.01. The topological polar surface area (TPSA) is 70.2 Å². The zero-order valence-corrected chi connectivity index (χ0v) is 14.4. The molecule has 1 saturated heterocycles. The van der Waals surface area contributed by atoms with Gasteiger partial charge in [0.25, 0.3) is 0 Å². The number of nitrogens with zero attached hydrogens (tertiary/aromatic N) is 3. The molecule has 0 radical (unpaired) electrons. The molecular formula is C17H29N5O. The summed E-state index contributed by atoms with van der Waals surface area (Å²) in [7, 11) is 0. The van der Waals surface area contributed by atoms with Crippen LogP contribution in [0.5, 0.6) is 0 Å². The number of anilines is 2. The Hall–Kier alpha value is -1.85. The zero-order valence-electron chi connectivity index (χ0n) is 14.4. The van der Waals surface area contributed by atoms with Crippen LogP contribution in [-0.4, -0.2) is 42.1 Å². The Morgan fingerprint density at radius 1 is 1.22 bits per heavy atom. The number of nitrogens with one attached hydrogen (secondary N) is 2. The van der Waals surface area contributed by atoms with Gasteiger partial charge in [-0.2, -0.15) is 0 Å². The fourth-order valence-corrected chi connectivity index (χ4v) is 2.75. The quantitative estimate of drug-likeness (QED) is 0.721. The maximum atomic E-state index is 11.6. The van der Waals surface area contributed by atoms with Crippen LogP contribution in [0.25, 0.3) is 0 Å². The third kappa shape index (κ3) is 6.04. The molecule has 6 heteroatoms. The number of amides is 1. The number of aryl methyl sites for hydroxylation is 1.